The minimum Gasteiger partial charge on any atom is -0.493 e. The maximum Gasteiger partial charge on any atom is 0.244 e. The van der Waals surface area contributed by atoms with E-state index in [0.717, 1.165) is 11.1 Å². The van der Waals surface area contributed by atoms with E-state index in [1.54, 1.807) is 39.8 Å². The number of carbonyl (C=O) groups excluding carboxylic acids is 1. The van der Waals surface area contributed by atoms with E-state index in [1.165, 1.54) is 6.08 Å². The van der Waals surface area contributed by atoms with Crippen LogP contribution in [0.5, 0.6) is 17.2 Å². The molecule has 1 aromatic heterocycles. The lowest BCUT2D eigenvalue weighted by atomic mass is 10.1. The van der Waals surface area contributed by atoms with Gasteiger partial charge in [0.05, 0.1) is 21.3 Å². The number of hydrogen-bond acceptors (Lipinski definition) is 5. The van der Waals surface area contributed by atoms with E-state index in [9.17, 15) is 4.79 Å². The summed E-state index contributed by atoms with van der Waals surface area (Å²) in [6.07, 6.45) is 7.24. The molecule has 1 heterocycles. The topological polar surface area (TPSA) is 69.7 Å². The van der Waals surface area contributed by atoms with Crippen molar-refractivity contribution < 1.29 is 19.0 Å². The number of carbonyl (C=O) groups is 1. The van der Waals surface area contributed by atoms with Crippen molar-refractivity contribution in [3.8, 4) is 17.2 Å². The summed E-state index contributed by atoms with van der Waals surface area (Å²) in [6, 6.07) is 7.45. The molecule has 0 aliphatic heterocycles. The van der Waals surface area contributed by atoms with Crippen molar-refractivity contribution in [2.45, 2.75) is 6.42 Å². The van der Waals surface area contributed by atoms with Gasteiger partial charge in [0.25, 0.3) is 0 Å². The van der Waals surface area contributed by atoms with Crippen LogP contribution >= 0.6 is 0 Å². The molecule has 6 nitrogen and oxygen atoms in total. The van der Waals surface area contributed by atoms with Crippen LogP contribution in [-0.4, -0.2) is 38.8 Å². The summed E-state index contributed by atoms with van der Waals surface area (Å²) in [5.41, 5.74) is 1.85. The molecule has 0 aliphatic rings. The second-order valence-electron chi connectivity index (χ2n) is 5.19. The summed E-state index contributed by atoms with van der Waals surface area (Å²) in [5.74, 6) is 1.59. The Morgan fingerprint density at radius 1 is 1.16 bits per heavy atom. The molecule has 6 heteroatoms. The third-order valence-electron chi connectivity index (χ3n) is 3.55. The number of amides is 1. The minimum absolute atomic E-state index is 0.156. The van der Waals surface area contributed by atoms with Crippen LogP contribution in [-0.2, 0) is 11.2 Å². The van der Waals surface area contributed by atoms with Crippen LogP contribution in [0, 0.1) is 0 Å². The predicted molar refractivity (Wildman–Crippen MR) is 96.1 cm³/mol. The Hall–Kier alpha value is -3.02. The van der Waals surface area contributed by atoms with Crippen molar-refractivity contribution >= 4 is 12.0 Å². The van der Waals surface area contributed by atoms with Crippen LogP contribution in [0.3, 0.4) is 0 Å². The highest BCUT2D eigenvalue weighted by Crippen LogP contribution is 2.38. The molecule has 0 saturated carbocycles. The normalized spacial score (nSPS) is 10.5. The maximum absolute atomic E-state index is 11.9. The molecule has 25 heavy (non-hydrogen) atoms. The Labute approximate surface area is 147 Å². The van der Waals surface area contributed by atoms with Gasteiger partial charge >= 0.3 is 0 Å². The van der Waals surface area contributed by atoms with Gasteiger partial charge in [-0.1, -0.05) is 6.07 Å². The number of ether oxygens (including phenoxy) is 3. The Morgan fingerprint density at radius 3 is 2.44 bits per heavy atom. The van der Waals surface area contributed by atoms with E-state index in [2.05, 4.69) is 10.3 Å². The van der Waals surface area contributed by atoms with Gasteiger partial charge in [0.1, 0.15) is 0 Å². The first-order valence-corrected chi connectivity index (χ1v) is 7.82. The second kappa shape index (κ2) is 9.32. The number of pyridine rings is 1. The molecular formula is C19H22N2O4. The highest BCUT2D eigenvalue weighted by molar-refractivity contribution is 5.91. The molecule has 0 aliphatic carbocycles. The van der Waals surface area contributed by atoms with Crippen molar-refractivity contribution in [1.82, 2.24) is 10.3 Å². The quantitative estimate of drug-likeness (QED) is 0.747. The first-order chi connectivity index (χ1) is 12.2. The van der Waals surface area contributed by atoms with Crippen LogP contribution < -0.4 is 19.5 Å². The Bertz CT molecular complexity index is 704. The van der Waals surface area contributed by atoms with E-state index in [4.69, 9.17) is 14.2 Å². The monoisotopic (exact) mass is 342 g/mol. The van der Waals surface area contributed by atoms with E-state index in [-0.39, 0.29) is 5.91 Å². The molecule has 1 amide bonds. The van der Waals surface area contributed by atoms with Gasteiger partial charge < -0.3 is 19.5 Å². The fraction of sp³-hybridized carbons (Fsp3) is 0.263. The van der Waals surface area contributed by atoms with Crippen molar-refractivity contribution in [2.75, 3.05) is 27.9 Å². The van der Waals surface area contributed by atoms with Gasteiger partial charge in [0.2, 0.25) is 11.7 Å². The lowest BCUT2D eigenvalue weighted by Gasteiger charge is -2.14. The standard InChI is InChI=1S/C19H22N2O4/c1-23-16-11-15(12-17(24-2)19(16)25-3)8-10-21-18(22)7-6-14-5-4-9-20-13-14/h4-7,9,11-13H,8,10H2,1-3H3,(H,21,22)/b7-6+. The van der Waals surface area contributed by atoms with Crippen LogP contribution in [0.25, 0.3) is 6.08 Å². The smallest absolute Gasteiger partial charge is 0.244 e. The number of hydrogen-bond donors (Lipinski definition) is 1. The van der Waals surface area contributed by atoms with Crippen LogP contribution in [0.4, 0.5) is 0 Å². The molecule has 1 aromatic carbocycles. The molecule has 2 rings (SSSR count). The molecule has 0 bridgehead atoms. The van der Waals surface area contributed by atoms with Gasteiger partial charge in [-0.05, 0) is 41.8 Å². The minimum atomic E-state index is -0.156. The molecule has 0 saturated heterocycles. The Balaban J connectivity index is 1.93. The average molecular weight is 342 g/mol. The van der Waals surface area contributed by atoms with Gasteiger partial charge in [-0.3, -0.25) is 9.78 Å². The number of nitrogens with one attached hydrogen (secondary N) is 1. The summed E-state index contributed by atoms with van der Waals surface area (Å²) in [6.45, 7) is 0.495. The van der Waals surface area contributed by atoms with Crippen LogP contribution in [0.2, 0.25) is 0 Å². The van der Waals surface area contributed by atoms with Crippen LogP contribution in [0.15, 0.2) is 42.7 Å². The van der Waals surface area contributed by atoms with Gasteiger partial charge in [-0.25, -0.2) is 0 Å². The Morgan fingerprint density at radius 2 is 1.88 bits per heavy atom. The van der Waals surface area contributed by atoms with E-state index in [1.807, 2.05) is 24.3 Å². The molecule has 132 valence electrons. The molecule has 1 N–H and O–H groups in total. The van der Waals surface area contributed by atoms with Gasteiger partial charge in [0, 0.05) is 25.0 Å². The fourth-order valence-electron chi connectivity index (χ4n) is 2.32. The summed E-state index contributed by atoms with van der Waals surface area (Å²) >= 11 is 0. The summed E-state index contributed by atoms with van der Waals surface area (Å²) < 4.78 is 15.9. The SMILES string of the molecule is COc1cc(CCNC(=O)/C=C/c2cccnc2)cc(OC)c1OC. The average Bonchev–Trinajstić information content (AvgIpc) is 2.66. The first-order valence-electron chi connectivity index (χ1n) is 7.82. The van der Waals surface area contributed by atoms with E-state index in [0.29, 0.717) is 30.2 Å². The lowest BCUT2D eigenvalue weighted by molar-refractivity contribution is -0.116. The van der Waals surface area contributed by atoms with Crippen molar-refractivity contribution in [3.05, 3.63) is 53.9 Å². The van der Waals surface area contributed by atoms with Gasteiger partial charge in [0.15, 0.2) is 11.5 Å². The largest absolute Gasteiger partial charge is 0.493 e. The highest BCUT2D eigenvalue weighted by Gasteiger charge is 2.13. The van der Waals surface area contributed by atoms with E-state index < -0.39 is 0 Å². The first kappa shape index (κ1) is 18.3. The Kier molecular flexibility index (Phi) is 6.83. The zero-order valence-electron chi connectivity index (χ0n) is 14.6. The third kappa shape index (κ3) is 5.24. The molecule has 0 fully saturated rings. The van der Waals surface area contributed by atoms with Gasteiger partial charge in [-0.15, -0.1) is 0 Å². The lowest BCUT2D eigenvalue weighted by Crippen LogP contribution is -2.23. The van der Waals surface area contributed by atoms with E-state index >= 15 is 0 Å². The summed E-state index contributed by atoms with van der Waals surface area (Å²) in [4.78, 5) is 15.9. The fourth-order valence-corrected chi connectivity index (χ4v) is 2.32. The number of benzene rings is 1. The predicted octanol–water partition coefficient (Wildman–Crippen LogP) is 2.48. The molecule has 0 radical (unpaired) electrons. The number of aromatic nitrogens is 1. The zero-order valence-corrected chi connectivity index (χ0v) is 14.6. The zero-order chi connectivity index (χ0) is 18.1. The van der Waals surface area contributed by atoms with Gasteiger partial charge in [-0.2, -0.15) is 0 Å². The number of methoxy groups -OCH3 is 3. The molecular weight excluding hydrogens is 320 g/mol. The number of nitrogens with zero attached hydrogens (tertiary/aromatic N) is 1. The molecule has 2 aromatic rings. The van der Waals surface area contributed by atoms with Crippen molar-refractivity contribution in [1.29, 1.82) is 0 Å². The molecule has 0 spiro atoms. The summed E-state index contributed by atoms with van der Waals surface area (Å²) in [5, 5.41) is 2.85. The summed E-state index contributed by atoms with van der Waals surface area (Å²) in [7, 11) is 4.72. The molecule has 0 atom stereocenters. The number of rotatable bonds is 8. The highest BCUT2D eigenvalue weighted by atomic mass is 16.5. The third-order valence-corrected chi connectivity index (χ3v) is 3.55. The van der Waals surface area contributed by atoms with Crippen molar-refractivity contribution in [2.24, 2.45) is 0 Å². The van der Waals surface area contributed by atoms with Crippen LogP contribution in [0.1, 0.15) is 11.1 Å². The van der Waals surface area contributed by atoms with Crippen molar-refractivity contribution in [3.63, 3.8) is 0 Å². The second-order valence-corrected chi connectivity index (χ2v) is 5.19. The molecule has 0 unspecified atom stereocenters. The maximum atomic E-state index is 11.9.